The first-order valence-electron chi connectivity index (χ1n) is 7.40. The molecule has 0 unspecified atom stereocenters. The molecule has 0 aromatic heterocycles. The summed E-state index contributed by atoms with van der Waals surface area (Å²) >= 11 is 4.25. The fourth-order valence-corrected chi connectivity index (χ4v) is 1.81. The predicted molar refractivity (Wildman–Crippen MR) is 94.6 cm³/mol. The maximum absolute atomic E-state index is 12.0. The van der Waals surface area contributed by atoms with E-state index in [2.05, 4.69) is 20.5 Å². The number of methoxy groups -OCH3 is 1. The summed E-state index contributed by atoms with van der Waals surface area (Å²) in [5.41, 5.74) is 1.10. The van der Waals surface area contributed by atoms with Crippen molar-refractivity contribution in [1.29, 1.82) is 0 Å². The van der Waals surface area contributed by atoms with Crippen molar-refractivity contribution < 1.29 is 40.1 Å². The van der Waals surface area contributed by atoms with Gasteiger partial charge in [0.1, 0.15) is 0 Å². The topological polar surface area (TPSA) is 54.0 Å². The van der Waals surface area contributed by atoms with Crippen LogP contribution in [-0.2, 0) is 25.8 Å². The van der Waals surface area contributed by atoms with Gasteiger partial charge < -0.3 is 18.9 Å². The summed E-state index contributed by atoms with van der Waals surface area (Å²) in [5.74, 6) is 0.569. The third-order valence-electron chi connectivity index (χ3n) is 2.98. The zero-order valence-electron chi connectivity index (χ0n) is 14.1. The zero-order chi connectivity index (χ0) is 18.5. The van der Waals surface area contributed by atoms with Crippen molar-refractivity contribution in [3.05, 3.63) is 66.6 Å². The molecular weight excluding hydrogens is 441 g/mol. The first-order valence-corrected chi connectivity index (χ1v) is 14.3. The van der Waals surface area contributed by atoms with Crippen molar-refractivity contribution in [3.8, 4) is 11.5 Å². The molecule has 0 bridgehead atoms. The molecule has 0 spiro atoms. The average molecular weight is 461 g/mol. The van der Waals surface area contributed by atoms with Gasteiger partial charge in [-0.3, -0.25) is 0 Å². The van der Waals surface area contributed by atoms with Crippen molar-refractivity contribution >= 4 is 19.6 Å². The van der Waals surface area contributed by atoms with Gasteiger partial charge in [0.15, 0.2) is 6.79 Å². The van der Waals surface area contributed by atoms with Crippen LogP contribution in [-0.4, -0.2) is 33.1 Å². The Bertz CT molecular complexity index is 637. The van der Waals surface area contributed by atoms with Gasteiger partial charge in [0.2, 0.25) is 0 Å². The first kappa shape index (κ1) is 21.6. The van der Waals surface area contributed by atoms with Crippen molar-refractivity contribution in [1.82, 2.24) is 0 Å². The molecule has 0 heterocycles. The standard InChI is InChI=1S/C18H19O5.BrH.Zn/c1-14-12-16(23-18(19)15-6-4-3-5-7-15)8-9-17(14)22-13-21-11-10-20-2;;/h3-9,12H,1,10-11,13H2,2H3;1H;/q-1;;+2/p-1. The van der Waals surface area contributed by atoms with Gasteiger partial charge in [-0.05, 0) is 18.2 Å². The number of ether oxygens (including phenoxy) is 4. The van der Waals surface area contributed by atoms with E-state index in [4.69, 9.17) is 18.9 Å². The SMILES string of the molecule is [CH2-]c1cc(OC(=O)c2ccccc2)ccc1OCOCCOC.[Zn+][Br]. The van der Waals surface area contributed by atoms with Crippen molar-refractivity contribution in [2.24, 2.45) is 0 Å². The number of hydrogen-bond acceptors (Lipinski definition) is 5. The third kappa shape index (κ3) is 8.01. The second-order valence-corrected chi connectivity index (χ2v) is 4.69. The number of hydrogen-bond donors (Lipinski definition) is 0. The van der Waals surface area contributed by atoms with Gasteiger partial charge in [-0.15, -0.1) is 6.07 Å². The molecule has 0 aliphatic rings. The molecule has 0 aliphatic carbocycles. The van der Waals surface area contributed by atoms with Crippen LogP contribution < -0.4 is 9.47 Å². The van der Waals surface area contributed by atoms with E-state index in [-0.39, 0.29) is 6.79 Å². The van der Waals surface area contributed by atoms with E-state index in [9.17, 15) is 4.79 Å². The summed E-state index contributed by atoms with van der Waals surface area (Å²) in [6.45, 7) is 4.95. The second-order valence-electron chi connectivity index (χ2n) is 4.69. The average Bonchev–Trinajstić information content (AvgIpc) is 2.65. The Hall–Kier alpha value is -1.40. The Morgan fingerprint density at radius 3 is 2.48 bits per heavy atom. The van der Waals surface area contributed by atoms with E-state index in [1.54, 1.807) is 49.6 Å². The first-order chi connectivity index (χ1) is 12.2. The van der Waals surface area contributed by atoms with E-state index in [1.165, 1.54) is 16.3 Å². The summed E-state index contributed by atoms with van der Waals surface area (Å²) in [7, 11) is 1.60. The quantitative estimate of drug-likeness (QED) is 0.149. The predicted octanol–water partition coefficient (Wildman–Crippen LogP) is 3.93. The molecule has 7 heteroatoms. The molecule has 0 aliphatic heterocycles. The van der Waals surface area contributed by atoms with Gasteiger partial charge in [0.25, 0.3) is 0 Å². The minimum absolute atomic E-state index is 0.106. The maximum atomic E-state index is 12.0. The van der Waals surface area contributed by atoms with Crippen molar-refractivity contribution in [3.63, 3.8) is 0 Å². The van der Waals surface area contributed by atoms with Gasteiger partial charge in [-0.2, -0.15) is 12.5 Å². The molecule has 0 amide bonds. The molecule has 0 saturated carbocycles. The monoisotopic (exact) mass is 458 g/mol. The van der Waals surface area contributed by atoms with Crippen LogP contribution in [0.1, 0.15) is 15.9 Å². The van der Waals surface area contributed by atoms with Gasteiger partial charge in [0.05, 0.1) is 24.5 Å². The summed E-state index contributed by atoms with van der Waals surface area (Å²) in [6.07, 6.45) is 0. The van der Waals surface area contributed by atoms with E-state index in [0.29, 0.717) is 35.8 Å². The summed E-state index contributed by atoms with van der Waals surface area (Å²) in [5, 5.41) is 0. The molecular formula is C18H19BrO5Zn. The molecule has 0 N–H and O–H groups in total. The van der Waals surface area contributed by atoms with Crippen molar-refractivity contribution in [2.45, 2.75) is 0 Å². The van der Waals surface area contributed by atoms with E-state index < -0.39 is 5.97 Å². The van der Waals surface area contributed by atoms with Crippen LogP contribution in [0.2, 0.25) is 0 Å². The normalized spacial score (nSPS) is 9.76. The molecule has 2 rings (SSSR count). The van der Waals surface area contributed by atoms with Crippen LogP contribution in [0.4, 0.5) is 0 Å². The van der Waals surface area contributed by atoms with Gasteiger partial charge >= 0.3 is 35.9 Å². The van der Waals surface area contributed by atoms with Gasteiger partial charge in [-0.25, -0.2) is 4.79 Å². The second kappa shape index (κ2) is 12.9. The summed E-state index contributed by atoms with van der Waals surface area (Å²) < 4.78 is 20.8. The third-order valence-corrected chi connectivity index (χ3v) is 2.98. The fourth-order valence-electron chi connectivity index (χ4n) is 1.81. The molecule has 0 saturated heterocycles. The summed E-state index contributed by atoms with van der Waals surface area (Å²) in [6, 6.07) is 13.8. The molecule has 0 radical (unpaired) electrons. The Labute approximate surface area is 164 Å². The van der Waals surface area contributed by atoms with Crippen molar-refractivity contribution in [2.75, 3.05) is 27.1 Å². The molecule has 0 fully saturated rings. The van der Waals surface area contributed by atoms with E-state index in [0.717, 1.165) is 0 Å². The van der Waals surface area contributed by atoms with Crippen LogP contribution in [0, 0.1) is 6.92 Å². The summed E-state index contributed by atoms with van der Waals surface area (Å²) in [4.78, 5) is 12.0. The minimum atomic E-state index is -0.415. The van der Waals surface area contributed by atoms with E-state index >= 15 is 0 Å². The molecule has 0 atom stereocenters. The number of carbonyl (C=O) groups excluding carboxylic acids is 1. The molecule has 130 valence electrons. The molecule has 2 aromatic carbocycles. The van der Waals surface area contributed by atoms with Crippen LogP contribution in [0.15, 0.2) is 48.5 Å². The van der Waals surface area contributed by atoms with Gasteiger partial charge in [-0.1, -0.05) is 24.3 Å². The Morgan fingerprint density at radius 1 is 1.12 bits per heavy atom. The Kier molecular flexibility index (Phi) is 11.2. The fraction of sp³-hybridized carbons (Fsp3) is 0.222. The Balaban J connectivity index is 0.00000151. The van der Waals surface area contributed by atoms with Crippen LogP contribution in [0.25, 0.3) is 0 Å². The van der Waals surface area contributed by atoms with Crippen LogP contribution in [0.5, 0.6) is 11.5 Å². The molecule has 2 aromatic rings. The van der Waals surface area contributed by atoms with Crippen LogP contribution in [0.3, 0.4) is 0 Å². The van der Waals surface area contributed by atoms with Gasteiger partial charge in [0, 0.05) is 12.9 Å². The number of carbonyl (C=O) groups is 1. The molecule has 25 heavy (non-hydrogen) atoms. The number of rotatable bonds is 8. The number of benzene rings is 2. The zero-order valence-corrected chi connectivity index (χ0v) is 18.6. The Morgan fingerprint density at radius 2 is 1.84 bits per heavy atom. The van der Waals surface area contributed by atoms with Crippen LogP contribution >= 0.6 is 13.6 Å². The van der Waals surface area contributed by atoms with E-state index in [1.807, 2.05) is 6.07 Å². The number of esters is 1. The number of halogens is 1. The molecule has 5 nitrogen and oxygen atoms in total.